The highest BCUT2D eigenvalue weighted by Gasteiger charge is 2.24. The number of phenols is 4. The van der Waals surface area contributed by atoms with Crippen LogP contribution in [-0.2, 0) is 17.8 Å². The summed E-state index contributed by atoms with van der Waals surface area (Å²) in [5.41, 5.74) is 0.934. The fourth-order valence-electron chi connectivity index (χ4n) is 3.04. The van der Waals surface area contributed by atoms with Crippen LogP contribution in [0.1, 0.15) is 21.5 Å². The molecule has 1 atom stereocenters. The zero-order valence-electron chi connectivity index (χ0n) is 16.4. The zero-order valence-corrected chi connectivity index (χ0v) is 16.4. The van der Waals surface area contributed by atoms with Gasteiger partial charge in [-0.25, -0.2) is 0 Å². The molecule has 160 valence electrons. The number of nitrogens with one attached hydrogen (secondary N) is 2. The molecule has 3 aromatic rings. The van der Waals surface area contributed by atoms with Gasteiger partial charge in [0, 0.05) is 18.5 Å². The van der Waals surface area contributed by atoms with Crippen molar-refractivity contribution in [2.75, 3.05) is 0 Å². The van der Waals surface area contributed by atoms with Gasteiger partial charge in [0.25, 0.3) is 5.91 Å². The molecule has 3 rings (SSSR count). The van der Waals surface area contributed by atoms with Crippen molar-refractivity contribution < 1.29 is 30.0 Å². The second-order valence-corrected chi connectivity index (χ2v) is 6.89. The Kier molecular flexibility index (Phi) is 6.61. The van der Waals surface area contributed by atoms with Crippen LogP contribution in [0.25, 0.3) is 0 Å². The van der Waals surface area contributed by atoms with E-state index in [1.54, 1.807) is 30.3 Å². The molecule has 0 bridgehead atoms. The van der Waals surface area contributed by atoms with Gasteiger partial charge in [-0.2, -0.15) is 0 Å². The van der Waals surface area contributed by atoms with Crippen molar-refractivity contribution in [3.63, 3.8) is 0 Å². The molecule has 0 saturated carbocycles. The summed E-state index contributed by atoms with van der Waals surface area (Å²) in [5, 5.41) is 44.3. The van der Waals surface area contributed by atoms with Crippen molar-refractivity contribution in [2.24, 2.45) is 0 Å². The lowest BCUT2D eigenvalue weighted by Crippen LogP contribution is -2.47. The molecular weight excluding hydrogens is 400 g/mol. The van der Waals surface area contributed by atoms with Gasteiger partial charge in [-0.1, -0.05) is 48.5 Å². The Labute approximate surface area is 178 Å². The Morgan fingerprint density at radius 3 is 2.13 bits per heavy atom. The number of rotatable bonds is 7. The average molecular weight is 422 g/mol. The molecular formula is C23H22N2O6. The third kappa shape index (κ3) is 5.24. The van der Waals surface area contributed by atoms with Gasteiger partial charge in [0.05, 0.1) is 5.56 Å². The molecule has 0 saturated heterocycles. The molecule has 31 heavy (non-hydrogen) atoms. The maximum atomic E-state index is 12.9. The maximum Gasteiger partial charge on any atom is 0.255 e. The predicted octanol–water partition coefficient (Wildman–Crippen LogP) is 2.17. The van der Waals surface area contributed by atoms with E-state index < -0.39 is 29.4 Å². The zero-order chi connectivity index (χ0) is 22.4. The molecule has 0 fully saturated rings. The summed E-state index contributed by atoms with van der Waals surface area (Å²) in [6.07, 6.45) is 0.171. The molecule has 0 aliphatic carbocycles. The van der Waals surface area contributed by atoms with Gasteiger partial charge in [0.15, 0.2) is 23.0 Å². The van der Waals surface area contributed by atoms with E-state index in [4.69, 9.17) is 0 Å². The van der Waals surface area contributed by atoms with Gasteiger partial charge in [0.1, 0.15) is 6.04 Å². The molecule has 6 N–H and O–H groups in total. The van der Waals surface area contributed by atoms with Crippen molar-refractivity contribution in [2.45, 2.75) is 19.0 Å². The minimum absolute atomic E-state index is 0.0718. The summed E-state index contributed by atoms with van der Waals surface area (Å²) >= 11 is 0. The highest BCUT2D eigenvalue weighted by molar-refractivity contribution is 6.00. The molecule has 0 spiro atoms. The fourth-order valence-corrected chi connectivity index (χ4v) is 3.04. The number of phenolic OH excluding ortho intramolecular Hbond substituents is 4. The van der Waals surface area contributed by atoms with Crippen LogP contribution in [0.2, 0.25) is 0 Å². The number of amides is 2. The summed E-state index contributed by atoms with van der Waals surface area (Å²) in [5.74, 6) is -2.93. The first-order valence-electron chi connectivity index (χ1n) is 9.50. The van der Waals surface area contributed by atoms with Crippen LogP contribution in [0, 0.1) is 0 Å². The van der Waals surface area contributed by atoms with Gasteiger partial charge in [0.2, 0.25) is 5.91 Å². The van der Waals surface area contributed by atoms with E-state index in [0.29, 0.717) is 5.56 Å². The predicted molar refractivity (Wildman–Crippen MR) is 113 cm³/mol. The van der Waals surface area contributed by atoms with Crippen LogP contribution in [-0.4, -0.2) is 38.3 Å². The van der Waals surface area contributed by atoms with Crippen molar-refractivity contribution in [1.82, 2.24) is 10.6 Å². The highest BCUT2D eigenvalue weighted by Crippen LogP contribution is 2.29. The van der Waals surface area contributed by atoms with Crippen molar-refractivity contribution in [3.05, 3.63) is 83.4 Å². The normalized spacial score (nSPS) is 11.5. The summed E-state index contributed by atoms with van der Waals surface area (Å²) in [4.78, 5) is 25.5. The number of aromatic hydroxyl groups is 4. The van der Waals surface area contributed by atoms with Gasteiger partial charge in [-0.3, -0.25) is 9.59 Å². The summed E-state index contributed by atoms with van der Waals surface area (Å²) in [6, 6.07) is 16.4. The van der Waals surface area contributed by atoms with E-state index in [0.717, 1.165) is 5.56 Å². The minimum atomic E-state index is -1.00. The molecule has 0 radical (unpaired) electrons. The van der Waals surface area contributed by atoms with Crippen LogP contribution in [0.3, 0.4) is 0 Å². The lowest BCUT2D eigenvalue weighted by molar-refractivity contribution is -0.123. The molecule has 0 aliphatic rings. The smallest absolute Gasteiger partial charge is 0.255 e. The van der Waals surface area contributed by atoms with Gasteiger partial charge >= 0.3 is 0 Å². The van der Waals surface area contributed by atoms with Crippen molar-refractivity contribution in [1.29, 1.82) is 0 Å². The van der Waals surface area contributed by atoms with Crippen molar-refractivity contribution in [3.8, 4) is 23.0 Å². The third-order valence-corrected chi connectivity index (χ3v) is 4.72. The largest absolute Gasteiger partial charge is 0.504 e. The summed E-state index contributed by atoms with van der Waals surface area (Å²) < 4.78 is 0. The molecule has 0 aliphatic heterocycles. The van der Waals surface area contributed by atoms with E-state index in [9.17, 15) is 30.0 Å². The lowest BCUT2D eigenvalue weighted by atomic mass is 10.0. The Balaban J connectivity index is 1.78. The number of carbonyl (C=O) groups excluding carboxylic acids is 2. The molecule has 0 aromatic heterocycles. The maximum absolute atomic E-state index is 12.9. The molecule has 0 heterocycles. The molecule has 0 unspecified atom stereocenters. The molecule has 8 nitrogen and oxygen atoms in total. The van der Waals surface area contributed by atoms with Crippen LogP contribution >= 0.6 is 0 Å². The van der Waals surface area contributed by atoms with Gasteiger partial charge < -0.3 is 31.1 Å². The van der Waals surface area contributed by atoms with Crippen molar-refractivity contribution >= 4 is 11.8 Å². The summed E-state index contributed by atoms with van der Waals surface area (Å²) in [7, 11) is 0. The second-order valence-electron chi connectivity index (χ2n) is 6.89. The first-order valence-corrected chi connectivity index (χ1v) is 9.50. The van der Waals surface area contributed by atoms with E-state index in [1.165, 1.54) is 30.3 Å². The quantitative estimate of drug-likeness (QED) is 0.323. The van der Waals surface area contributed by atoms with Crippen LogP contribution in [0.5, 0.6) is 23.0 Å². The van der Waals surface area contributed by atoms with Crippen LogP contribution in [0.15, 0.2) is 66.7 Å². The van der Waals surface area contributed by atoms with Crippen LogP contribution < -0.4 is 10.6 Å². The molecule has 2 amide bonds. The number of hydrogen-bond acceptors (Lipinski definition) is 6. The number of benzene rings is 3. The van der Waals surface area contributed by atoms with E-state index in [-0.39, 0.29) is 30.0 Å². The Morgan fingerprint density at radius 2 is 1.42 bits per heavy atom. The number of para-hydroxylation sites is 2. The van der Waals surface area contributed by atoms with E-state index in [1.807, 2.05) is 6.07 Å². The highest BCUT2D eigenvalue weighted by atomic mass is 16.3. The minimum Gasteiger partial charge on any atom is -0.504 e. The van der Waals surface area contributed by atoms with Crippen LogP contribution in [0.4, 0.5) is 0 Å². The standard InChI is InChI=1S/C23H22N2O6/c26-18-10-4-8-15(20(18)28)13-24-23(31)17(12-14-6-2-1-3-7-14)25-22(30)16-9-5-11-19(27)21(16)29/h1-11,17,26-29H,12-13H2,(H,24,31)(H,25,30)/t17-/m0/s1. The molecule has 3 aromatic carbocycles. The fraction of sp³-hybridized carbons (Fsp3) is 0.130. The SMILES string of the molecule is O=C(N[C@@H](Cc1ccccc1)C(=O)NCc1cccc(O)c1O)c1cccc(O)c1O. The van der Waals surface area contributed by atoms with E-state index >= 15 is 0 Å². The second kappa shape index (κ2) is 9.53. The Bertz CT molecular complexity index is 1080. The van der Waals surface area contributed by atoms with Gasteiger partial charge in [-0.05, 0) is 23.8 Å². The lowest BCUT2D eigenvalue weighted by Gasteiger charge is -2.19. The number of hydrogen-bond donors (Lipinski definition) is 6. The third-order valence-electron chi connectivity index (χ3n) is 4.72. The first-order chi connectivity index (χ1) is 14.9. The number of carbonyl (C=O) groups is 2. The molecule has 8 heteroatoms. The Hall–Kier alpha value is -4.20. The van der Waals surface area contributed by atoms with E-state index in [2.05, 4.69) is 10.6 Å². The first kappa shape index (κ1) is 21.5. The topological polar surface area (TPSA) is 139 Å². The average Bonchev–Trinajstić information content (AvgIpc) is 2.76. The Morgan fingerprint density at radius 1 is 0.774 bits per heavy atom. The summed E-state index contributed by atoms with van der Waals surface area (Å²) in [6.45, 7) is -0.0718. The van der Waals surface area contributed by atoms with Gasteiger partial charge in [-0.15, -0.1) is 0 Å². The monoisotopic (exact) mass is 422 g/mol.